The van der Waals surface area contributed by atoms with Crippen molar-refractivity contribution in [3.63, 3.8) is 0 Å². The first-order valence-electron chi connectivity index (χ1n) is 4.04. The van der Waals surface area contributed by atoms with Gasteiger partial charge in [-0.25, -0.2) is 4.39 Å². The monoisotopic (exact) mass is 180 g/mol. The number of carbonyl (C=O) groups excluding carboxylic acids is 1. The van der Waals surface area contributed by atoms with Gasteiger partial charge in [0.2, 0.25) is 5.91 Å². The molecule has 2 N–H and O–H groups in total. The highest BCUT2D eigenvalue weighted by Gasteiger charge is 2.22. The summed E-state index contributed by atoms with van der Waals surface area (Å²) in [5.41, 5.74) is 0.873. The summed E-state index contributed by atoms with van der Waals surface area (Å²) in [6.45, 7) is 1.69. The fourth-order valence-electron chi connectivity index (χ4n) is 1.30. The Morgan fingerprint density at radius 1 is 1.46 bits per heavy atom. The van der Waals surface area contributed by atoms with Gasteiger partial charge in [-0.3, -0.25) is 4.79 Å². The lowest BCUT2D eigenvalue weighted by atomic mass is 10.1. The van der Waals surface area contributed by atoms with Gasteiger partial charge in [-0.1, -0.05) is 6.07 Å². The standard InChI is InChI=1S/C9H9FN2O/c1-5-9(13)12-7-4-2-3-6(10)8(7)11-5/h2-5,11H,1H3,(H,12,13). The smallest absolute Gasteiger partial charge is 0.246 e. The molecule has 0 saturated carbocycles. The van der Waals surface area contributed by atoms with Gasteiger partial charge in [0.1, 0.15) is 11.9 Å². The fourth-order valence-corrected chi connectivity index (χ4v) is 1.30. The third-order valence-corrected chi connectivity index (χ3v) is 2.03. The number of hydrogen-bond acceptors (Lipinski definition) is 2. The van der Waals surface area contributed by atoms with Crippen LogP contribution in [0.15, 0.2) is 18.2 Å². The minimum atomic E-state index is -0.385. The van der Waals surface area contributed by atoms with Crippen molar-refractivity contribution in [1.82, 2.24) is 0 Å². The highest BCUT2D eigenvalue weighted by molar-refractivity contribution is 6.02. The van der Waals surface area contributed by atoms with Crippen molar-refractivity contribution >= 4 is 17.3 Å². The maximum absolute atomic E-state index is 13.2. The molecule has 1 unspecified atom stereocenters. The van der Waals surface area contributed by atoms with E-state index in [1.165, 1.54) is 6.07 Å². The van der Waals surface area contributed by atoms with E-state index < -0.39 is 0 Å². The van der Waals surface area contributed by atoms with Gasteiger partial charge < -0.3 is 10.6 Å². The molecule has 1 amide bonds. The molecule has 1 aliphatic heterocycles. The average molecular weight is 180 g/mol. The maximum atomic E-state index is 13.2. The van der Waals surface area contributed by atoms with E-state index in [-0.39, 0.29) is 17.8 Å². The van der Waals surface area contributed by atoms with E-state index in [2.05, 4.69) is 10.6 Å². The summed E-state index contributed by atoms with van der Waals surface area (Å²) in [4.78, 5) is 11.2. The number of nitrogens with one attached hydrogen (secondary N) is 2. The second-order valence-corrected chi connectivity index (χ2v) is 3.02. The van der Waals surface area contributed by atoms with Gasteiger partial charge in [0.25, 0.3) is 0 Å². The van der Waals surface area contributed by atoms with E-state index in [0.29, 0.717) is 11.4 Å². The molecule has 3 nitrogen and oxygen atoms in total. The Hall–Kier alpha value is -1.58. The Morgan fingerprint density at radius 2 is 2.23 bits per heavy atom. The molecular formula is C9H9FN2O. The van der Waals surface area contributed by atoms with Crippen LogP contribution < -0.4 is 10.6 Å². The van der Waals surface area contributed by atoms with Gasteiger partial charge in [-0.05, 0) is 19.1 Å². The number of halogens is 1. The molecule has 2 rings (SSSR count). The summed E-state index contributed by atoms with van der Waals surface area (Å²) in [5.74, 6) is -0.484. The number of rotatable bonds is 0. The number of carbonyl (C=O) groups is 1. The van der Waals surface area contributed by atoms with E-state index in [4.69, 9.17) is 0 Å². The number of fused-ring (bicyclic) bond motifs is 1. The molecule has 0 bridgehead atoms. The Labute approximate surface area is 74.9 Å². The van der Waals surface area contributed by atoms with Crippen molar-refractivity contribution in [2.45, 2.75) is 13.0 Å². The third kappa shape index (κ3) is 1.24. The normalized spacial score (nSPS) is 20.2. The Morgan fingerprint density at radius 3 is 3.00 bits per heavy atom. The van der Waals surface area contributed by atoms with E-state index in [9.17, 15) is 9.18 Å². The zero-order chi connectivity index (χ0) is 9.42. The fraction of sp³-hybridized carbons (Fsp3) is 0.222. The van der Waals surface area contributed by atoms with Crippen molar-refractivity contribution in [3.8, 4) is 0 Å². The topological polar surface area (TPSA) is 41.1 Å². The van der Waals surface area contributed by atoms with Crippen LogP contribution in [0.5, 0.6) is 0 Å². The molecule has 68 valence electrons. The lowest BCUT2D eigenvalue weighted by Gasteiger charge is -2.24. The molecule has 0 aliphatic carbocycles. The van der Waals surface area contributed by atoms with Crippen molar-refractivity contribution in [1.29, 1.82) is 0 Å². The number of anilines is 2. The molecule has 0 saturated heterocycles. The Bertz CT molecular complexity index is 365. The quantitative estimate of drug-likeness (QED) is 0.636. The van der Waals surface area contributed by atoms with E-state index in [1.807, 2.05) is 0 Å². The average Bonchev–Trinajstić information content (AvgIpc) is 2.09. The SMILES string of the molecule is CC1Nc2c(F)cccc2NC1=O. The molecule has 0 aromatic heterocycles. The van der Waals surface area contributed by atoms with Crippen molar-refractivity contribution in [2.24, 2.45) is 0 Å². The van der Waals surface area contributed by atoms with Crippen LogP contribution in [-0.4, -0.2) is 11.9 Å². The van der Waals surface area contributed by atoms with Gasteiger partial charge in [-0.15, -0.1) is 0 Å². The van der Waals surface area contributed by atoms with E-state index in [1.54, 1.807) is 19.1 Å². The first-order valence-corrected chi connectivity index (χ1v) is 4.04. The van der Waals surface area contributed by atoms with Crippen molar-refractivity contribution in [3.05, 3.63) is 24.0 Å². The predicted molar refractivity (Wildman–Crippen MR) is 48.1 cm³/mol. The van der Waals surface area contributed by atoms with E-state index in [0.717, 1.165) is 0 Å². The van der Waals surface area contributed by atoms with Crippen LogP contribution in [0.3, 0.4) is 0 Å². The van der Waals surface area contributed by atoms with Crippen LogP contribution in [0.2, 0.25) is 0 Å². The first-order chi connectivity index (χ1) is 6.18. The molecule has 1 aromatic rings. The molecule has 1 aromatic carbocycles. The summed E-state index contributed by atoms with van der Waals surface area (Å²) < 4.78 is 13.2. The lowest BCUT2D eigenvalue weighted by Crippen LogP contribution is -2.36. The summed E-state index contributed by atoms with van der Waals surface area (Å²) in [6, 6.07) is 4.20. The molecule has 0 spiro atoms. The summed E-state index contributed by atoms with van der Waals surface area (Å²) >= 11 is 0. The van der Waals surface area contributed by atoms with Crippen molar-refractivity contribution < 1.29 is 9.18 Å². The molecule has 1 heterocycles. The zero-order valence-corrected chi connectivity index (χ0v) is 7.10. The second kappa shape index (κ2) is 2.73. The van der Waals surface area contributed by atoms with Crippen LogP contribution in [0.1, 0.15) is 6.92 Å². The number of amides is 1. The lowest BCUT2D eigenvalue weighted by molar-refractivity contribution is -0.116. The van der Waals surface area contributed by atoms with E-state index >= 15 is 0 Å². The maximum Gasteiger partial charge on any atom is 0.246 e. The van der Waals surface area contributed by atoms with Crippen molar-refractivity contribution in [2.75, 3.05) is 10.6 Å². The van der Waals surface area contributed by atoms with Crippen LogP contribution in [0.25, 0.3) is 0 Å². The molecule has 4 heteroatoms. The van der Waals surface area contributed by atoms with Gasteiger partial charge in [0.15, 0.2) is 0 Å². The third-order valence-electron chi connectivity index (χ3n) is 2.03. The highest BCUT2D eigenvalue weighted by Crippen LogP contribution is 2.28. The molecule has 1 atom stereocenters. The highest BCUT2D eigenvalue weighted by atomic mass is 19.1. The number of hydrogen-bond donors (Lipinski definition) is 2. The van der Waals surface area contributed by atoms with Crippen LogP contribution in [0.4, 0.5) is 15.8 Å². The minimum absolute atomic E-state index is 0.141. The largest absolute Gasteiger partial charge is 0.370 e. The van der Waals surface area contributed by atoms with Gasteiger partial charge >= 0.3 is 0 Å². The molecule has 0 fully saturated rings. The minimum Gasteiger partial charge on any atom is -0.370 e. The van der Waals surface area contributed by atoms with Gasteiger partial charge in [0.05, 0.1) is 11.4 Å². The predicted octanol–water partition coefficient (Wildman–Crippen LogP) is 1.58. The first kappa shape index (κ1) is 8.04. The molecular weight excluding hydrogens is 171 g/mol. The zero-order valence-electron chi connectivity index (χ0n) is 7.10. The molecule has 1 aliphatic rings. The Balaban J connectivity index is 2.48. The summed E-state index contributed by atoms with van der Waals surface area (Å²) in [5, 5.41) is 5.40. The molecule has 0 radical (unpaired) electrons. The summed E-state index contributed by atoms with van der Waals surface area (Å²) in [6.07, 6.45) is 0. The number of para-hydroxylation sites is 1. The Kier molecular flexibility index (Phi) is 1.69. The van der Waals surface area contributed by atoms with Crippen LogP contribution in [-0.2, 0) is 4.79 Å². The number of benzene rings is 1. The van der Waals surface area contributed by atoms with Crippen LogP contribution in [0, 0.1) is 5.82 Å². The van der Waals surface area contributed by atoms with Gasteiger partial charge in [-0.2, -0.15) is 0 Å². The second-order valence-electron chi connectivity index (χ2n) is 3.02. The van der Waals surface area contributed by atoms with Gasteiger partial charge in [0, 0.05) is 0 Å². The van der Waals surface area contributed by atoms with Crippen LogP contribution >= 0.6 is 0 Å². The molecule has 13 heavy (non-hydrogen) atoms. The summed E-state index contributed by atoms with van der Waals surface area (Å²) in [7, 11) is 0.